The van der Waals surface area contributed by atoms with Crippen LogP contribution < -0.4 is 0 Å². The summed E-state index contributed by atoms with van der Waals surface area (Å²) < 4.78 is 59.9. The zero-order chi connectivity index (χ0) is 53.0. The van der Waals surface area contributed by atoms with Gasteiger partial charge in [-0.25, -0.2) is 0 Å². The Morgan fingerprint density at radius 3 is 1.46 bits per heavy atom. The average molecular weight is 1030 g/mol. The van der Waals surface area contributed by atoms with Gasteiger partial charge in [-0.1, -0.05) is 192 Å². The van der Waals surface area contributed by atoms with Crippen molar-refractivity contribution in [2.45, 2.75) is 114 Å². The van der Waals surface area contributed by atoms with Gasteiger partial charge >= 0.3 is 5.97 Å². The molecule has 0 unspecified atom stereocenters. The number of hydrogen-bond acceptors (Lipinski definition) is 13. The molecule has 7 rings (SSSR count). The second kappa shape index (κ2) is 31.6. The lowest BCUT2D eigenvalue weighted by Crippen LogP contribution is -2.62. The maximum absolute atomic E-state index is 13.7. The molecule has 396 valence electrons. The Kier molecular flexibility index (Phi) is 23.5. The number of carbonyl (C=O) groups excluding carboxylic acids is 2. The van der Waals surface area contributed by atoms with Crippen molar-refractivity contribution in [3.8, 4) is 0 Å². The molecule has 6 aromatic carbocycles. The van der Waals surface area contributed by atoms with Gasteiger partial charge < -0.3 is 47.4 Å². The van der Waals surface area contributed by atoms with Crippen LogP contribution in [0.2, 0.25) is 0 Å². The summed E-state index contributed by atoms with van der Waals surface area (Å²) in [4.78, 5) is 32.3. The van der Waals surface area contributed by atoms with E-state index >= 15 is 0 Å². The van der Waals surface area contributed by atoms with Gasteiger partial charge in [0.05, 0.1) is 78.0 Å². The first-order chi connectivity index (χ1) is 37.4. The zero-order valence-electron chi connectivity index (χ0n) is 42.5. The predicted molar refractivity (Wildman–Crippen MR) is 283 cm³/mol. The summed E-state index contributed by atoms with van der Waals surface area (Å²) in [5, 5.41) is 8.56. The van der Waals surface area contributed by atoms with E-state index in [1.165, 1.54) is 6.92 Å². The van der Waals surface area contributed by atoms with E-state index in [0.717, 1.165) is 33.4 Å². The third-order valence-electron chi connectivity index (χ3n) is 12.4. The van der Waals surface area contributed by atoms with Gasteiger partial charge in [-0.3, -0.25) is 4.79 Å². The molecular formula is C59H64N6O11. The summed E-state index contributed by atoms with van der Waals surface area (Å²) in [5.41, 5.74) is 25.7. The Balaban J connectivity index is 1.31. The highest BCUT2D eigenvalue weighted by molar-refractivity contribution is 5.81. The first-order valence-electron chi connectivity index (χ1n) is 25.3. The number of esters is 1. The normalized spacial score (nSPS) is 18.7. The lowest BCUT2D eigenvalue weighted by Gasteiger charge is -2.46. The van der Waals surface area contributed by atoms with E-state index in [9.17, 15) is 20.7 Å². The van der Waals surface area contributed by atoms with Crippen molar-refractivity contribution in [2.75, 3.05) is 19.8 Å². The molecular weight excluding hydrogens is 969 g/mol. The topological polar surface area (TPSA) is 215 Å². The molecule has 0 aliphatic carbocycles. The molecule has 1 heterocycles. The van der Waals surface area contributed by atoms with E-state index in [1.54, 1.807) is 0 Å². The van der Waals surface area contributed by atoms with E-state index in [1.807, 2.05) is 182 Å². The SMILES string of the molecule is CC(=O)CCC(=O)O[C@H]1[C@H](OCc2ccccc2)[C@@H](N=[N+]=[N-])[C@@H](O[C@H](COCc2ccccc2)[C@@H](OCc2ccccc2)[C@H](OCc2ccccc2)[C@@H](COCc2ccccc2)N=[N+]=[N-])O[C@@H]1COCc1ccccc1. The molecule has 17 nitrogen and oxygen atoms in total. The van der Waals surface area contributed by atoms with E-state index in [-0.39, 0.29) is 78.1 Å². The molecule has 0 amide bonds. The first-order valence-corrected chi connectivity index (χ1v) is 25.3. The number of ketones is 1. The number of azide groups is 2. The Morgan fingerprint density at radius 1 is 0.539 bits per heavy atom. The predicted octanol–water partition coefficient (Wildman–Crippen LogP) is 11.1. The number of carbonyl (C=O) groups is 2. The summed E-state index contributed by atoms with van der Waals surface area (Å²) in [7, 11) is 0. The summed E-state index contributed by atoms with van der Waals surface area (Å²) in [6.45, 7) is 1.66. The molecule has 0 bridgehead atoms. The largest absolute Gasteiger partial charge is 0.457 e. The fourth-order valence-corrected chi connectivity index (χ4v) is 8.53. The maximum atomic E-state index is 13.7. The molecule has 0 spiro atoms. The van der Waals surface area contributed by atoms with Crippen molar-refractivity contribution in [2.24, 2.45) is 10.2 Å². The fourth-order valence-electron chi connectivity index (χ4n) is 8.53. The number of ether oxygens (including phenoxy) is 9. The van der Waals surface area contributed by atoms with Crippen molar-refractivity contribution < 1.29 is 52.2 Å². The minimum atomic E-state index is -1.45. The molecule has 1 saturated heterocycles. The van der Waals surface area contributed by atoms with Crippen molar-refractivity contribution in [3.05, 3.63) is 236 Å². The highest BCUT2D eigenvalue weighted by atomic mass is 16.7. The Bertz CT molecular complexity index is 2710. The molecule has 0 aromatic heterocycles. The molecule has 1 aliphatic heterocycles. The molecule has 6 aromatic rings. The number of nitrogens with zero attached hydrogens (tertiary/aromatic N) is 6. The molecule has 9 atom stereocenters. The first kappa shape index (κ1) is 56.5. The monoisotopic (exact) mass is 1030 g/mol. The van der Waals surface area contributed by atoms with E-state index < -0.39 is 61.0 Å². The minimum Gasteiger partial charge on any atom is -0.457 e. The second-order valence-electron chi connectivity index (χ2n) is 18.1. The van der Waals surface area contributed by atoms with Gasteiger partial charge in [-0.2, -0.15) is 0 Å². The second-order valence-corrected chi connectivity index (χ2v) is 18.1. The summed E-state index contributed by atoms with van der Waals surface area (Å²) in [5.74, 6) is -0.888. The third-order valence-corrected chi connectivity index (χ3v) is 12.4. The van der Waals surface area contributed by atoms with E-state index in [4.69, 9.17) is 42.6 Å². The van der Waals surface area contributed by atoms with E-state index in [2.05, 4.69) is 20.1 Å². The Labute approximate surface area is 443 Å². The van der Waals surface area contributed by atoms with Gasteiger partial charge in [0.2, 0.25) is 0 Å². The van der Waals surface area contributed by atoms with Gasteiger partial charge in [-0.05, 0) is 51.4 Å². The van der Waals surface area contributed by atoms with Gasteiger partial charge in [0, 0.05) is 16.2 Å². The smallest absolute Gasteiger partial charge is 0.306 e. The van der Waals surface area contributed by atoms with Crippen LogP contribution in [0.15, 0.2) is 192 Å². The van der Waals surface area contributed by atoms with Gasteiger partial charge in [-0.15, -0.1) is 0 Å². The van der Waals surface area contributed by atoms with Crippen molar-refractivity contribution in [1.82, 2.24) is 0 Å². The number of hydrogen-bond donors (Lipinski definition) is 0. The Hall–Kier alpha value is -7.24. The van der Waals surface area contributed by atoms with Crippen LogP contribution in [-0.4, -0.2) is 86.6 Å². The molecule has 1 aliphatic rings. The van der Waals surface area contributed by atoms with Gasteiger partial charge in [0.15, 0.2) is 12.4 Å². The average Bonchev–Trinajstić information content (AvgIpc) is 3.45. The van der Waals surface area contributed by atoms with Crippen molar-refractivity contribution in [1.29, 1.82) is 0 Å². The minimum absolute atomic E-state index is 0.00736. The standard InChI is InChI=1S/C59H64N6O11/c1-43(66)32-33-53(67)76-57-52(42-70-36-46-24-12-4-13-25-46)75-59(54(63-65-61)58(57)73-39-49-30-18-7-19-31-49)74-51(41-69-35-45-22-10-3-11-23-45)56(72-38-48-28-16-6-17-29-48)55(71-37-47-26-14-5-15-27-47)50(62-64-60)40-68-34-44-20-8-2-9-21-44/h2-31,50-52,54-59H,32-42H2,1H3/t50-,51-,52-,54-,55-,56-,57-,58-,59+/m1/s1. The summed E-state index contributed by atoms with van der Waals surface area (Å²) in [6.07, 6.45) is -8.64. The number of rotatable bonds is 32. The maximum Gasteiger partial charge on any atom is 0.306 e. The van der Waals surface area contributed by atoms with Crippen LogP contribution in [0.4, 0.5) is 0 Å². The highest BCUT2D eigenvalue weighted by Crippen LogP contribution is 2.34. The van der Waals surface area contributed by atoms with Crippen molar-refractivity contribution >= 4 is 11.8 Å². The summed E-state index contributed by atoms with van der Waals surface area (Å²) >= 11 is 0. The molecule has 76 heavy (non-hydrogen) atoms. The van der Waals surface area contributed by atoms with Crippen LogP contribution in [0, 0.1) is 0 Å². The number of Topliss-reactive ketones (excluding diaryl/α,β-unsaturated/α-hetero) is 1. The fraction of sp³-hybridized carbons (Fsp3) is 0.356. The van der Waals surface area contributed by atoms with Crippen LogP contribution >= 0.6 is 0 Å². The molecule has 1 fully saturated rings. The molecule has 0 saturated carbocycles. The van der Waals surface area contributed by atoms with Crippen LogP contribution in [0.25, 0.3) is 20.9 Å². The van der Waals surface area contributed by atoms with Crippen molar-refractivity contribution in [3.63, 3.8) is 0 Å². The zero-order valence-corrected chi connectivity index (χ0v) is 42.5. The van der Waals surface area contributed by atoms with E-state index in [0.29, 0.717) is 0 Å². The van der Waals surface area contributed by atoms with Crippen LogP contribution in [0.5, 0.6) is 0 Å². The Morgan fingerprint density at radius 2 is 0.987 bits per heavy atom. The highest BCUT2D eigenvalue weighted by Gasteiger charge is 2.51. The van der Waals surface area contributed by atoms with Crippen LogP contribution in [-0.2, 0) is 91.9 Å². The lowest BCUT2D eigenvalue weighted by atomic mass is 9.96. The van der Waals surface area contributed by atoms with Crippen LogP contribution in [0.3, 0.4) is 0 Å². The van der Waals surface area contributed by atoms with Gasteiger partial charge in [0.25, 0.3) is 0 Å². The quantitative estimate of drug-likeness (QED) is 0.0168. The lowest BCUT2D eigenvalue weighted by molar-refractivity contribution is -0.306. The van der Waals surface area contributed by atoms with Gasteiger partial charge in [0.1, 0.15) is 36.2 Å². The third kappa shape index (κ3) is 18.5. The molecule has 17 heteroatoms. The summed E-state index contributed by atoms with van der Waals surface area (Å²) in [6, 6.07) is 54.8. The van der Waals surface area contributed by atoms with Crippen LogP contribution in [0.1, 0.15) is 53.1 Å². The number of benzene rings is 6. The molecule has 0 radical (unpaired) electrons. The molecule has 0 N–H and O–H groups in total.